The summed E-state index contributed by atoms with van der Waals surface area (Å²) in [6.07, 6.45) is 1.82. The molecular formula is C23H16BrClN2O. The molecule has 1 aliphatic rings. The Bertz CT molecular complexity index is 1080. The lowest BCUT2D eigenvalue weighted by Crippen LogP contribution is -2.32. The molecule has 0 unspecified atom stereocenters. The summed E-state index contributed by atoms with van der Waals surface area (Å²) in [7, 11) is 0. The van der Waals surface area contributed by atoms with Crippen LogP contribution in [0.25, 0.3) is 6.08 Å². The highest BCUT2D eigenvalue weighted by Gasteiger charge is 2.32. The van der Waals surface area contributed by atoms with Crippen LogP contribution in [0.4, 0.5) is 5.69 Å². The molecule has 1 amide bonds. The van der Waals surface area contributed by atoms with Gasteiger partial charge < -0.3 is 0 Å². The molecule has 0 aliphatic carbocycles. The number of carbonyl (C=O) groups is 1. The van der Waals surface area contributed by atoms with Gasteiger partial charge in [0, 0.05) is 15.1 Å². The van der Waals surface area contributed by atoms with Crippen molar-refractivity contribution in [1.29, 1.82) is 0 Å². The van der Waals surface area contributed by atoms with Crippen molar-refractivity contribution in [1.82, 2.24) is 0 Å². The molecule has 1 aliphatic heterocycles. The minimum atomic E-state index is -0.159. The maximum absolute atomic E-state index is 13.2. The number of hydrogen-bond donors (Lipinski definition) is 0. The van der Waals surface area contributed by atoms with Crippen molar-refractivity contribution in [2.75, 3.05) is 4.90 Å². The minimum absolute atomic E-state index is 0.159. The van der Waals surface area contributed by atoms with E-state index in [0.717, 1.165) is 21.3 Å². The topological polar surface area (TPSA) is 32.7 Å². The Morgan fingerprint density at radius 1 is 0.929 bits per heavy atom. The second kappa shape index (κ2) is 7.74. The van der Waals surface area contributed by atoms with Crippen LogP contribution in [-0.2, 0) is 4.79 Å². The van der Waals surface area contributed by atoms with Crippen molar-refractivity contribution in [2.24, 2.45) is 4.99 Å². The summed E-state index contributed by atoms with van der Waals surface area (Å²) >= 11 is 9.47. The number of aliphatic imine (C=N–C) groups is 1. The summed E-state index contributed by atoms with van der Waals surface area (Å²) in [5.74, 6) is 0.426. The molecule has 0 saturated carbocycles. The number of carbonyl (C=O) groups excluding carboxylic acids is 1. The number of aryl methyl sites for hydroxylation is 1. The largest absolute Gasteiger partial charge is 0.282 e. The van der Waals surface area contributed by atoms with Crippen molar-refractivity contribution < 1.29 is 4.79 Å². The van der Waals surface area contributed by atoms with Gasteiger partial charge in [-0.15, -0.1) is 0 Å². The average Bonchev–Trinajstić information content (AvgIpc) is 3.01. The lowest BCUT2D eigenvalue weighted by atomic mass is 10.1. The number of hydrogen-bond acceptors (Lipinski definition) is 2. The maximum atomic E-state index is 13.2. The lowest BCUT2D eigenvalue weighted by Gasteiger charge is -2.18. The molecule has 0 aromatic heterocycles. The van der Waals surface area contributed by atoms with E-state index >= 15 is 0 Å². The van der Waals surface area contributed by atoms with E-state index in [9.17, 15) is 4.79 Å². The molecule has 5 heteroatoms. The van der Waals surface area contributed by atoms with Gasteiger partial charge in [-0.05, 0) is 67.1 Å². The number of nitrogens with zero attached hydrogens (tertiary/aromatic N) is 2. The van der Waals surface area contributed by atoms with E-state index in [0.29, 0.717) is 16.6 Å². The molecule has 0 bridgehead atoms. The molecule has 0 saturated heterocycles. The highest BCUT2D eigenvalue weighted by Crippen LogP contribution is 2.29. The number of anilines is 1. The van der Waals surface area contributed by atoms with Crippen molar-refractivity contribution in [3.05, 3.63) is 105 Å². The Morgan fingerprint density at radius 2 is 1.57 bits per heavy atom. The number of amides is 1. The van der Waals surface area contributed by atoms with Crippen molar-refractivity contribution in [2.45, 2.75) is 6.92 Å². The van der Waals surface area contributed by atoms with Gasteiger partial charge in [-0.2, -0.15) is 0 Å². The second-order valence-electron chi connectivity index (χ2n) is 6.50. The number of rotatable bonds is 3. The van der Waals surface area contributed by atoms with Crippen molar-refractivity contribution in [3.63, 3.8) is 0 Å². The van der Waals surface area contributed by atoms with Crippen LogP contribution in [0.3, 0.4) is 0 Å². The van der Waals surface area contributed by atoms with E-state index in [1.807, 2.05) is 73.7 Å². The van der Waals surface area contributed by atoms with E-state index in [4.69, 9.17) is 11.6 Å². The second-order valence-corrected chi connectivity index (χ2v) is 7.85. The molecule has 3 nitrogen and oxygen atoms in total. The third-order valence-electron chi connectivity index (χ3n) is 4.43. The molecule has 138 valence electrons. The van der Waals surface area contributed by atoms with Gasteiger partial charge in [0.2, 0.25) is 0 Å². The van der Waals surface area contributed by atoms with E-state index in [-0.39, 0.29) is 5.91 Å². The van der Waals surface area contributed by atoms with Gasteiger partial charge in [0.15, 0.2) is 0 Å². The van der Waals surface area contributed by atoms with Gasteiger partial charge in [-0.1, -0.05) is 57.4 Å². The van der Waals surface area contributed by atoms with Gasteiger partial charge in [0.05, 0.1) is 5.69 Å². The zero-order valence-corrected chi connectivity index (χ0v) is 17.4. The molecule has 0 radical (unpaired) electrons. The smallest absolute Gasteiger partial charge is 0.266 e. The zero-order chi connectivity index (χ0) is 19.7. The van der Waals surface area contributed by atoms with E-state index in [1.54, 1.807) is 17.0 Å². The Labute approximate surface area is 177 Å². The molecule has 4 rings (SSSR count). The predicted octanol–water partition coefficient (Wildman–Crippen LogP) is 6.25. The SMILES string of the molecule is Cc1ccc(/C=C2/N=C(c3ccc(Cl)cc3)N(c3ccc(Br)cc3)C2=O)cc1. The Morgan fingerprint density at radius 3 is 2.21 bits per heavy atom. The standard InChI is InChI=1S/C23H16BrClN2O/c1-15-2-4-16(5-3-15)14-21-23(28)27(20-12-8-18(24)9-13-20)22(26-21)17-6-10-19(25)11-7-17/h2-14H,1H3/b21-14+. The first-order valence-electron chi connectivity index (χ1n) is 8.74. The number of halogens is 2. The molecular weight excluding hydrogens is 436 g/mol. The molecule has 1 heterocycles. The van der Waals surface area contributed by atoms with E-state index in [2.05, 4.69) is 20.9 Å². The fraction of sp³-hybridized carbons (Fsp3) is 0.0435. The third-order valence-corrected chi connectivity index (χ3v) is 5.21. The fourth-order valence-electron chi connectivity index (χ4n) is 2.96. The van der Waals surface area contributed by atoms with Crippen LogP contribution >= 0.6 is 27.5 Å². The molecule has 0 fully saturated rings. The Hall–Kier alpha value is -2.69. The summed E-state index contributed by atoms with van der Waals surface area (Å²) in [6.45, 7) is 2.03. The Balaban J connectivity index is 1.81. The summed E-state index contributed by atoms with van der Waals surface area (Å²) < 4.78 is 0.947. The molecule has 0 spiro atoms. The van der Waals surface area contributed by atoms with Crippen molar-refractivity contribution in [3.8, 4) is 0 Å². The van der Waals surface area contributed by atoms with Crippen LogP contribution in [0.2, 0.25) is 5.02 Å². The van der Waals surface area contributed by atoms with E-state index in [1.165, 1.54) is 5.56 Å². The van der Waals surface area contributed by atoms with Crippen LogP contribution in [0.5, 0.6) is 0 Å². The van der Waals surface area contributed by atoms with E-state index < -0.39 is 0 Å². The number of amidine groups is 1. The van der Waals surface area contributed by atoms with Crippen LogP contribution < -0.4 is 4.90 Å². The zero-order valence-electron chi connectivity index (χ0n) is 15.1. The summed E-state index contributed by atoms with van der Waals surface area (Å²) in [6, 6.07) is 22.9. The molecule has 3 aromatic rings. The molecule has 28 heavy (non-hydrogen) atoms. The minimum Gasteiger partial charge on any atom is -0.266 e. The van der Waals surface area contributed by atoms with Crippen LogP contribution in [0, 0.1) is 6.92 Å². The summed E-state index contributed by atoms with van der Waals surface area (Å²) in [4.78, 5) is 19.5. The van der Waals surface area contributed by atoms with Gasteiger partial charge in [0.25, 0.3) is 5.91 Å². The highest BCUT2D eigenvalue weighted by molar-refractivity contribution is 9.10. The highest BCUT2D eigenvalue weighted by atomic mass is 79.9. The van der Waals surface area contributed by atoms with Crippen molar-refractivity contribution >= 4 is 51.0 Å². The molecule has 0 atom stereocenters. The van der Waals surface area contributed by atoms with Crippen LogP contribution in [-0.4, -0.2) is 11.7 Å². The first-order valence-corrected chi connectivity index (χ1v) is 9.91. The molecule has 3 aromatic carbocycles. The van der Waals surface area contributed by atoms with Gasteiger partial charge >= 0.3 is 0 Å². The van der Waals surface area contributed by atoms with Gasteiger partial charge in [-0.3, -0.25) is 9.69 Å². The quantitative estimate of drug-likeness (QED) is 0.433. The first kappa shape index (κ1) is 18.7. The molecule has 0 N–H and O–H groups in total. The fourth-order valence-corrected chi connectivity index (χ4v) is 3.35. The number of benzene rings is 3. The lowest BCUT2D eigenvalue weighted by molar-refractivity contribution is -0.113. The normalized spacial score (nSPS) is 15.2. The summed E-state index contributed by atoms with van der Waals surface area (Å²) in [5.41, 5.74) is 4.09. The predicted molar refractivity (Wildman–Crippen MR) is 119 cm³/mol. The monoisotopic (exact) mass is 450 g/mol. The maximum Gasteiger partial charge on any atom is 0.282 e. The van der Waals surface area contributed by atoms with Crippen LogP contribution in [0.1, 0.15) is 16.7 Å². The average molecular weight is 452 g/mol. The van der Waals surface area contributed by atoms with Gasteiger partial charge in [0.1, 0.15) is 11.5 Å². The summed E-state index contributed by atoms with van der Waals surface area (Å²) in [5, 5.41) is 0.638. The third kappa shape index (κ3) is 3.79. The van der Waals surface area contributed by atoms with Crippen LogP contribution in [0.15, 0.2) is 88.0 Å². The van der Waals surface area contributed by atoms with Gasteiger partial charge in [-0.25, -0.2) is 4.99 Å². The first-order chi connectivity index (χ1) is 13.5. The Kier molecular flexibility index (Phi) is 5.16.